The normalized spacial score (nSPS) is 12.0. The van der Waals surface area contributed by atoms with E-state index in [0.29, 0.717) is 22.6 Å². The van der Waals surface area contributed by atoms with Crippen LogP contribution >= 0.6 is 11.6 Å². The molecule has 176 valence electrons. The van der Waals surface area contributed by atoms with Gasteiger partial charge in [-0.15, -0.1) is 0 Å². The van der Waals surface area contributed by atoms with E-state index in [0.717, 1.165) is 5.56 Å². The van der Waals surface area contributed by atoms with Gasteiger partial charge >= 0.3 is 5.97 Å². The zero-order valence-electron chi connectivity index (χ0n) is 18.8. The number of carboxylic acid groups (broad SMARTS) is 1. The Labute approximate surface area is 201 Å². The number of hydrogen-bond acceptors (Lipinski definition) is 5. The highest BCUT2D eigenvalue weighted by atomic mass is 35.5. The maximum Gasteiger partial charge on any atom is 0.337 e. The minimum atomic E-state index is -1.14. The number of hydrazone groups is 1. The number of halogens is 1. The molecule has 2 aromatic carbocycles. The van der Waals surface area contributed by atoms with E-state index in [1.807, 2.05) is 26.8 Å². The Hall–Kier alpha value is -3.91. The van der Waals surface area contributed by atoms with Crippen LogP contribution in [0.5, 0.6) is 0 Å². The summed E-state index contributed by atoms with van der Waals surface area (Å²) in [6.07, 6.45) is 1.31. The maximum atomic E-state index is 12.6. The Balaban J connectivity index is 1.65. The van der Waals surface area contributed by atoms with Crippen molar-refractivity contribution in [2.45, 2.75) is 26.8 Å². The molecule has 8 nitrogen and oxygen atoms in total. The highest BCUT2D eigenvalue weighted by Gasteiger charge is 2.24. The zero-order chi connectivity index (χ0) is 24.8. The first-order valence-corrected chi connectivity index (χ1v) is 10.9. The van der Waals surface area contributed by atoms with E-state index in [-0.39, 0.29) is 22.4 Å². The minimum absolute atomic E-state index is 0.0366. The molecule has 0 radical (unpaired) electrons. The molecule has 3 N–H and O–H groups in total. The second kappa shape index (κ2) is 10.8. The summed E-state index contributed by atoms with van der Waals surface area (Å²) in [5.41, 5.74) is 4.33. The fourth-order valence-corrected chi connectivity index (χ4v) is 3.39. The summed E-state index contributed by atoms with van der Waals surface area (Å²) in [6.45, 7) is 5.53. The molecule has 0 unspecified atom stereocenters. The summed E-state index contributed by atoms with van der Waals surface area (Å²) >= 11 is 5.90. The Kier molecular flexibility index (Phi) is 7.86. The van der Waals surface area contributed by atoms with Gasteiger partial charge < -0.3 is 14.8 Å². The van der Waals surface area contributed by atoms with Crippen LogP contribution in [0.4, 0.5) is 0 Å². The third-order valence-electron chi connectivity index (χ3n) is 4.99. The van der Waals surface area contributed by atoms with E-state index in [2.05, 4.69) is 15.8 Å². The van der Waals surface area contributed by atoms with Crippen molar-refractivity contribution in [2.24, 2.45) is 11.0 Å². The highest BCUT2D eigenvalue weighted by molar-refractivity contribution is 6.33. The Morgan fingerprint density at radius 2 is 1.85 bits per heavy atom. The predicted molar refractivity (Wildman–Crippen MR) is 129 cm³/mol. The maximum absolute atomic E-state index is 12.6. The number of carboxylic acids is 1. The summed E-state index contributed by atoms with van der Waals surface area (Å²) < 4.78 is 5.66. The van der Waals surface area contributed by atoms with Crippen LogP contribution in [0.25, 0.3) is 11.3 Å². The molecule has 2 amide bonds. The van der Waals surface area contributed by atoms with Gasteiger partial charge in [0.15, 0.2) is 0 Å². The van der Waals surface area contributed by atoms with Crippen molar-refractivity contribution in [3.63, 3.8) is 0 Å². The lowest BCUT2D eigenvalue weighted by atomic mass is 10.0. The molecule has 9 heteroatoms. The van der Waals surface area contributed by atoms with Crippen LogP contribution in [0.1, 0.15) is 45.9 Å². The molecular weight excluding hydrogens is 458 g/mol. The smallest absolute Gasteiger partial charge is 0.337 e. The minimum Gasteiger partial charge on any atom is -0.478 e. The summed E-state index contributed by atoms with van der Waals surface area (Å²) in [7, 11) is 0. The number of aromatic carboxylic acids is 1. The molecule has 0 saturated carbocycles. The molecule has 34 heavy (non-hydrogen) atoms. The lowest BCUT2D eigenvalue weighted by molar-refractivity contribution is -0.123. The molecule has 3 rings (SSSR count). The average Bonchev–Trinajstić information content (AvgIpc) is 3.26. The van der Waals surface area contributed by atoms with Crippen LogP contribution in [0.2, 0.25) is 5.02 Å². The van der Waals surface area contributed by atoms with Crippen LogP contribution in [0.15, 0.2) is 64.1 Å². The van der Waals surface area contributed by atoms with E-state index >= 15 is 0 Å². The van der Waals surface area contributed by atoms with E-state index in [1.54, 1.807) is 36.4 Å². The monoisotopic (exact) mass is 481 g/mol. The lowest BCUT2D eigenvalue weighted by Crippen LogP contribution is -2.48. The first-order chi connectivity index (χ1) is 16.2. The van der Waals surface area contributed by atoms with Crippen LogP contribution in [0.3, 0.4) is 0 Å². The summed E-state index contributed by atoms with van der Waals surface area (Å²) in [5.74, 6) is -1.38. The number of carbonyl (C=O) groups is 3. The topological polar surface area (TPSA) is 121 Å². The van der Waals surface area contributed by atoms with Crippen LogP contribution in [-0.2, 0) is 4.79 Å². The number of hydrogen-bond donors (Lipinski definition) is 3. The van der Waals surface area contributed by atoms with Gasteiger partial charge in [0.25, 0.3) is 11.8 Å². The van der Waals surface area contributed by atoms with Gasteiger partial charge in [0.2, 0.25) is 0 Å². The highest BCUT2D eigenvalue weighted by Crippen LogP contribution is 2.26. The Morgan fingerprint density at radius 1 is 1.09 bits per heavy atom. The number of nitrogens with zero attached hydrogens (tertiary/aromatic N) is 1. The fraction of sp³-hybridized carbons (Fsp3) is 0.200. The second-order valence-corrected chi connectivity index (χ2v) is 8.41. The first-order valence-electron chi connectivity index (χ1n) is 10.5. The third-order valence-corrected chi connectivity index (χ3v) is 5.32. The predicted octanol–water partition coefficient (Wildman–Crippen LogP) is 4.51. The molecule has 3 aromatic rings. The van der Waals surface area contributed by atoms with Crippen molar-refractivity contribution in [2.75, 3.05) is 0 Å². The van der Waals surface area contributed by atoms with E-state index in [9.17, 15) is 19.5 Å². The molecular formula is C25H24ClN3O5. The SMILES string of the molecule is Cc1cccc(C(=O)N[C@H](C(=O)N/N=C/c2ccc(-c3ccc(Cl)c(C(=O)O)c3)o2)C(C)C)c1. The summed E-state index contributed by atoms with van der Waals surface area (Å²) in [6, 6.07) is 14.1. The Bertz CT molecular complexity index is 1250. The van der Waals surface area contributed by atoms with Crippen molar-refractivity contribution < 1.29 is 23.9 Å². The van der Waals surface area contributed by atoms with Gasteiger partial charge in [-0.1, -0.05) is 43.1 Å². The van der Waals surface area contributed by atoms with Crippen LogP contribution in [0, 0.1) is 12.8 Å². The van der Waals surface area contributed by atoms with Crippen molar-refractivity contribution in [3.05, 3.63) is 82.1 Å². The van der Waals surface area contributed by atoms with Crippen molar-refractivity contribution in [3.8, 4) is 11.3 Å². The molecule has 0 aliphatic carbocycles. The zero-order valence-corrected chi connectivity index (χ0v) is 19.6. The van der Waals surface area contributed by atoms with Gasteiger partial charge in [-0.05, 0) is 55.3 Å². The van der Waals surface area contributed by atoms with E-state index in [1.165, 1.54) is 18.3 Å². The van der Waals surface area contributed by atoms with Crippen LogP contribution < -0.4 is 10.7 Å². The molecule has 0 bridgehead atoms. The van der Waals surface area contributed by atoms with Gasteiger partial charge in [-0.2, -0.15) is 5.10 Å². The van der Waals surface area contributed by atoms with Gasteiger partial charge in [0.1, 0.15) is 17.6 Å². The van der Waals surface area contributed by atoms with Gasteiger partial charge in [0, 0.05) is 11.1 Å². The first kappa shape index (κ1) is 24.7. The van der Waals surface area contributed by atoms with Gasteiger partial charge in [-0.3, -0.25) is 9.59 Å². The lowest BCUT2D eigenvalue weighted by Gasteiger charge is -2.20. The van der Waals surface area contributed by atoms with Crippen molar-refractivity contribution >= 4 is 35.6 Å². The number of furan rings is 1. The number of carbonyl (C=O) groups excluding carboxylic acids is 2. The van der Waals surface area contributed by atoms with Crippen LogP contribution in [-0.4, -0.2) is 35.1 Å². The number of rotatable bonds is 8. The molecule has 1 atom stereocenters. The van der Waals surface area contributed by atoms with E-state index in [4.69, 9.17) is 16.0 Å². The number of benzene rings is 2. The largest absolute Gasteiger partial charge is 0.478 e. The number of amides is 2. The van der Waals surface area contributed by atoms with E-state index < -0.39 is 17.9 Å². The quantitative estimate of drug-likeness (QED) is 0.323. The van der Waals surface area contributed by atoms with Gasteiger partial charge in [-0.25, -0.2) is 10.2 Å². The molecule has 0 aliphatic heterocycles. The average molecular weight is 482 g/mol. The molecule has 1 heterocycles. The Morgan fingerprint density at radius 3 is 2.53 bits per heavy atom. The summed E-state index contributed by atoms with van der Waals surface area (Å²) in [5, 5.41) is 16.0. The molecule has 0 saturated heterocycles. The molecule has 1 aromatic heterocycles. The summed E-state index contributed by atoms with van der Waals surface area (Å²) in [4.78, 5) is 36.5. The molecule has 0 aliphatic rings. The number of aryl methyl sites for hydroxylation is 1. The fourth-order valence-electron chi connectivity index (χ4n) is 3.19. The standard InChI is InChI=1S/C25H24ClN3O5/c1-14(2)22(28-23(30)17-6-4-5-15(3)11-17)24(31)29-27-13-18-8-10-21(34-18)16-7-9-20(26)19(12-16)25(32)33/h4-14,22H,1-3H3,(H,28,30)(H,29,31)(H,32,33)/b27-13+/t22-/m0/s1. The molecule has 0 spiro atoms. The van der Waals surface area contributed by atoms with Crippen molar-refractivity contribution in [1.29, 1.82) is 0 Å². The van der Waals surface area contributed by atoms with Gasteiger partial charge in [0.05, 0.1) is 16.8 Å². The second-order valence-electron chi connectivity index (χ2n) is 8.00. The van der Waals surface area contributed by atoms with Crippen molar-refractivity contribution in [1.82, 2.24) is 10.7 Å². The third kappa shape index (κ3) is 6.11. The number of nitrogens with one attached hydrogen (secondary N) is 2. The molecule has 0 fully saturated rings.